The zero-order chi connectivity index (χ0) is 14.1. The predicted molar refractivity (Wildman–Crippen MR) is 79.4 cm³/mol. The molecule has 1 aromatic rings. The third-order valence-corrected chi connectivity index (χ3v) is 3.37. The van der Waals surface area contributed by atoms with Crippen molar-refractivity contribution >= 4 is 5.69 Å². The van der Waals surface area contributed by atoms with E-state index in [-0.39, 0.29) is 5.82 Å². The van der Waals surface area contributed by atoms with E-state index in [1.165, 1.54) is 25.3 Å². The van der Waals surface area contributed by atoms with Crippen LogP contribution in [0.15, 0.2) is 18.2 Å². The van der Waals surface area contributed by atoms with Crippen LogP contribution in [0.2, 0.25) is 0 Å². The summed E-state index contributed by atoms with van der Waals surface area (Å²) in [5, 5.41) is 3.32. The minimum Gasteiger partial charge on any atom is -0.491 e. The number of anilines is 1. The first-order chi connectivity index (χ1) is 9.21. The molecule has 1 N–H and O–H groups in total. The summed E-state index contributed by atoms with van der Waals surface area (Å²) in [7, 11) is 0. The number of unbranched alkanes of at least 4 members (excludes halogenated alkanes) is 1. The van der Waals surface area contributed by atoms with E-state index in [0.717, 1.165) is 18.7 Å². The van der Waals surface area contributed by atoms with Crippen molar-refractivity contribution in [3.05, 3.63) is 24.0 Å². The SMILES string of the molecule is CCCCC(CC)CNc1ccc(OCC)c(F)c1. The standard InChI is InChI=1S/C16H26FNO/c1-4-7-8-13(5-2)12-18-14-9-10-16(19-6-3)15(17)11-14/h9-11,13,18H,4-8,12H2,1-3H3. The Morgan fingerprint density at radius 2 is 2.05 bits per heavy atom. The fraction of sp³-hybridized carbons (Fsp3) is 0.625. The van der Waals surface area contributed by atoms with Crippen LogP contribution < -0.4 is 10.1 Å². The molecule has 1 rings (SSSR count). The first-order valence-electron chi connectivity index (χ1n) is 7.37. The second kappa shape index (κ2) is 8.78. The molecule has 0 saturated heterocycles. The van der Waals surface area contributed by atoms with Crippen molar-refractivity contribution in [2.24, 2.45) is 5.92 Å². The predicted octanol–water partition coefficient (Wildman–Crippen LogP) is 4.85. The summed E-state index contributed by atoms with van der Waals surface area (Å²) < 4.78 is 18.9. The van der Waals surface area contributed by atoms with Gasteiger partial charge in [-0.2, -0.15) is 0 Å². The van der Waals surface area contributed by atoms with Gasteiger partial charge in [0.2, 0.25) is 0 Å². The molecule has 0 fully saturated rings. The summed E-state index contributed by atoms with van der Waals surface area (Å²) >= 11 is 0. The van der Waals surface area contributed by atoms with Gasteiger partial charge in [-0.05, 0) is 31.4 Å². The third kappa shape index (κ3) is 5.50. The summed E-state index contributed by atoms with van der Waals surface area (Å²) in [5.74, 6) is 0.689. The Kier molecular flexibility index (Phi) is 7.31. The zero-order valence-electron chi connectivity index (χ0n) is 12.3. The van der Waals surface area contributed by atoms with E-state index in [1.54, 1.807) is 6.07 Å². The van der Waals surface area contributed by atoms with Crippen molar-refractivity contribution in [2.45, 2.75) is 46.5 Å². The van der Waals surface area contributed by atoms with Gasteiger partial charge in [0.15, 0.2) is 11.6 Å². The van der Waals surface area contributed by atoms with Gasteiger partial charge in [0.05, 0.1) is 6.61 Å². The topological polar surface area (TPSA) is 21.3 Å². The molecule has 19 heavy (non-hydrogen) atoms. The number of hydrogen-bond donors (Lipinski definition) is 1. The largest absolute Gasteiger partial charge is 0.491 e. The van der Waals surface area contributed by atoms with E-state index in [2.05, 4.69) is 19.2 Å². The molecule has 0 bridgehead atoms. The lowest BCUT2D eigenvalue weighted by Crippen LogP contribution is -2.13. The molecule has 0 aliphatic carbocycles. The lowest BCUT2D eigenvalue weighted by molar-refractivity contribution is 0.321. The van der Waals surface area contributed by atoms with E-state index in [1.807, 2.05) is 13.0 Å². The first-order valence-corrected chi connectivity index (χ1v) is 7.37. The van der Waals surface area contributed by atoms with Crippen molar-refractivity contribution in [1.82, 2.24) is 0 Å². The highest BCUT2D eigenvalue weighted by Crippen LogP contribution is 2.22. The number of nitrogens with one attached hydrogen (secondary N) is 1. The molecule has 0 amide bonds. The normalized spacial score (nSPS) is 12.2. The average molecular weight is 267 g/mol. The molecule has 0 spiro atoms. The monoisotopic (exact) mass is 267 g/mol. The molecule has 0 heterocycles. The molecule has 108 valence electrons. The van der Waals surface area contributed by atoms with E-state index >= 15 is 0 Å². The van der Waals surface area contributed by atoms with Crippen molar-refractivity contribution in [3.8, 4) is 5.75 Å². The van der Waals surface area contributed by atoms with Gasteiger partial charge in [0.1, 0.15) is 0 Å². The second-order valence-corrected chi connectivity index (χ2v) is 4.88. The van der Waals surface area contributed by atoms with Crippen LogP contribution in [0.5, 0.6) is 5.75 Å². The molecule has 1 aromatic carbocycles. The summed E-state index contributed by atoms with van der Waals surface area (Å²) in [5.41, 5.74) is 0.830. The van der Waals surface area contributed by atoms with Crippen molar-refractivity contribution in [1.29, 1.82) is 0 Å². The highest BCUT2D eigenvalue weighted by atomic mass is 19.1. The Balaban J connectivity index is 2.50. The van der Waals surface area contributed by atoms with Crippen molar-refractivity contribution in [2.75, 3.05) is 18.5 Å². The summed E-state index contributed by atoms with van der Waals surface area (Å²) in [6.07, 6.45) is 4.89. The Morgan fingerprint density at radius 1 is 1.26 bits per heavy atom. The van der Waals surface area contributed by atoms with E-state index < -0.39 is 0 Å². The van der Waals surface area contributed by atoms with Crippen LogP contribution in [0.1, 0.15) is 46.5 Å². The van der Waals surface area contributed by atoms with Gasteiger partial charge in [-0.15, -0.1) is 0 Å². The molecule has 0 aliphatic heterocycles. The quantitative estimate of drug-likeness (QED) is 0.690. The lowest BCUT2D eigenvalue weighted by Gasteiger charge is -2.16. The molecule has 1 unspecified atom stereocenters. The van der Waals surface area contributed by atoms with Gasteiger partial charge >= 0.3 is 0 Å². The van der Waals surface area contributed by atoms with Crippen LogP contribution in [0, 0.1) is 11.7 Å². The maximum atomic E-state index is 13.7. The number of benzene rings is 1. The molecular weight excluding hydrogens is 241 g/mol. The smallest absolute Gasteiger partial charge is 0.167 e. The molecule has 0 aromatic heterocycles. The molecule has 0 aliphatic rings. The minimum atomic E-state index is -0.298. The van der Waals surface area contributed by atoms with Crippen LogP contribution in [0.3, 0.4) is 0 Å². The van der Waals surface area contributed by atoms with E-state index in [0.29, 0.717) is 18.3 Å². The first kappa shape index (κ1) is 15.8. The summed E-state index contributed by atoms with van der Waals surface area (Å²) in [6, 6.07) is 5.08. The third-order valence-electron chi connectivity index (χ3n) is 3.37. The Hall–Kier alpha value is -1.25. The van der Waals surface area contributed by atoms with E-state index in [4.69, 9.17) is 4.74 Å². The maximum Gasteiger partial charge on any atom is 0.167 e. The van der Waals surface area contributed by atoms with Crippen molar-refractivity contribution < 1.29 is 9.13 Å². The molecule has 3 heteroatoms. The molecule has 1 atom stereocenters. The van der Waals surface area contributed by atoms with Gasteiger partial charge in [0.25, 0.3) is 0 Å². The molecular formula is C16H26FNO. The van der Waals surface area contributed by atoms with Gasteiger partial charge < -0.3 is 10.1 Å². The van der Waals surface area contributed by atoms with Gasteiger partial charge in [-0.3, -0.25) is 0 Å². The van der Waals surface area contributed by atoms with Gasteiger partial charge in [0, 0.05) is 18.3 Å². The van der Waals surface area contributed by atoms with Gasteiger partial charge in [-0.1, -0.05) is 33.1 Å². The fourth-order valence-corrected chi connectivity index (χ4v) is 2.09. The Bertz CT molecular complexity index is 368. The molecule has 0 radical (unpaired) electrons. The highest BCUT2D eigenvalue weighted by molar-refractivity contribution is 5.47. The zero-order valence-corrected chi connectivity index (χ0v) is 12.3. The fourth-order valence-electron chi connectivity index (χ4n) is 2.09. The molecule has 2 nitrogen and oxygen atoms in total. The van der Waals surface area contributed by atoms with E-state index in [9.17, 15) is 4.39 Å². The lowest BCUT2D eigenvalue weighted by atomic mass is 9.99. The number of ether oxygens (including phenoxy) is 1. The maximum absolute atomic E-state index is 13.7. The Labute approximate surface area is 116 Å². The minimum absolute atomic E-state index is 0.298. The number of rotatable bonds is 9. The highest BCUT2D eigenvalue weighted by Gasteiger charge is 2.07. The second-order valence-electron chi connectivity index (χ2n) is 4.88. The average Bonchev–Trinajstić information content (AvgIpc) is 2.42. The van der Waals surface area contributed by atoms with Crippen LogP contribution in [0.25, 0.3) is 0 Å². The van der Waals surface area contributed by atoms with Crippen LogP contribution >= 0.6 is 0 Å². The summed E-state index contributed by atoms with van der Waals surface area (Å²) in [6.45, 7) is 7.66. The molecule has 0 saturated carbocycles. The van der Waals surface area contributed by atoms with Crippen molar-refractivity contribution in [3.63, 3.8) is 0 Å². The van der Waals surface area contributed by atoms with Crippen LogP contribution in [0.4, 0.5) is 10.1 Å². The van der Waals surface area contributed by atoms with Gasteiger partial charge in [-0.25, -0.2) is 4.39 Å². The number of halogens is 1. The van der Waals surface area contributed by atoms with Crippen LogP contribution in [-0.2, 0) is 0 Å². The Morgan fingerprint density at radius 3 is 2.63 bits per heavy atom. The van der Waals surface area contributed by atoms with Crippen LogP contribution in [-0.4, -0.2) is 13.2 Å². The number of hydrogen-bond acceptors (Lipinski definition) is 2. The summed E-state index contributed by atoms with van der Waals surface area (Å²) in [4.78, 5) is 0.